The molecular weight excluding hydrogens is 473 g/mol. The van der Waals surface area contributed by atoms with Crippen molar-refractivity contribution in [3.63, 3.8) is 0 Å². The standard InChI is InChI=1S/C25H28FN3O3S2/c1-2-3-16-34(31,32)29-14-12-19(13-15-29)25-28-23(17-33-25)24(30)27-22-7-5-4-6-21(22)18-8-10-20(26)11-9-18/h4-11,17,19H,2-3,12-16H2,1H3,(H,27,30). The lowest BCUT2D eigenvalue weighted by Crippen LogP contribution is -2.39. The fraction of sp³-hybridized carbons (Fsp3) is 0.360. The third-order valence-corrected chi connectivity index (χ3v) is 9.00. The highest BCUT2D eigenvalue weighted by atomic mass is 32.2. The summed E-state index contributed by atoms with van der Waals surface area (Å²) in [5.41, 5.74) is 2.56. The van der Waals surface area contributed by atoms with Gasteiger partial charge in [-0.25, -0.2) is 22.1 Å². The molecule has 6 nitrogen and oxygen atoms in total. The number of unbranched alkanes of at least 4 members (excludes halogenated alkanes) is 1. The van der Waals surface area contributed by atoms with E-state index in [0.717, 1.165) is 22.6 Å². The Labute approximate surface area is 203 Å². The summed E-state index contributed by atoms with van der Waals surface area (Å²) < 4.78 is 39.8. The third-order valence-electron chi connectivity index (χ3n) is 6.04. The molecule has 34 heavy (non-hydrogen) atoms. The second-order valence-electron chi connectivity index (χ2n) is 8.42. The van der Waals surface area contributed by atoms with Crippen LogP contribution < -0.4 is 5.32 Å². The maximum Gasteiger partial charge on any atom is 0.275 e. The first-order valence-electron chi connectivity index (χ1n) is 11.5. The predicted octanol–water partition coefficient (Wildman–Crippen LogP) is 5.51. The van der Waals surface area contributed by atoms with Crippen LogP contribution in [0.4, 0.5) is 10.1 Å². The Hall–Kier alpha value is -2.62. The smallest absolute Gasteiger partial charge is 0.275 e. The molecule has 0 saturated carbocycles. The molecular formula is C25H28FN3O3S2. The van der Waals surface area contributed by atoms with Crippen molar-refractivity contribution in [1.82, 2.24) is 9.29 Å². The number of hydrogen-bond acceptors (Lipinski definition) is 5. The lowest BCUT2D eigenvalue weighted by molar-refractivity contribution is 0.102. The molecule has 4 rings (SSSR count). The largest absolute Gasteiger partial charge is 0.320 e. The van der Waals surface area contributed by atoms with Gasteiger partial charge in [-0.3, -0.25) is 4.79 Å². The van der Waals surface area contributed by atoms with Crippen LogP contribution in [0.5, 0.6) is 0 Å². The Morgan fingerprint density at radius 3 is 2.56 bits per heavy atom. The number of sulfonamides is 1. The van der Waals surface area contributed by atoms with Gasteiger partial charge in [-0.2, -0.15) is 0 Å². The van der Waals surface area contributed by atoms with E-state index in [0.29, 0.717) is 43.7 Å². The van der Waals surface area contributed by atoms with Crippen LogP contribution in [0.15, 0.2) is 53.9 Å². The maximum absolute atomic E-state index is 13.3. The highest BCUT2D eigenvalue weighted by Gasteiger charge is 2.29. The van der Waals surface area contributed by atoms with E-state index in [4.69, 9.17) is 0 Å². The number of para-hydroxylation sites is 1. The van der Waals surface area contributed by atoms with Crippen molar-refractivity contribution < 1.29 is 17.6 Å². The van der Waals surface area contributed by atoms with Crippen molar-refractivity contribution in [1.29, 1.82) is 0 Å². The lowest BCUT2D eigenvalue weighted by Gasteiger charge is -2.30. The van der Waals surface area contributed by atoms with Gasteiger partial charge in [0.1, 0.15) is 11.5 Å². The summed E-state index contributed by atoms with van der Waals surface area (Å²) in [5, 5.41) is 5.54. The Morgan fingerprint density at radius 1 is 1.15 bits per heavy atom. The van der Waals surface area contributed by atoms with E-state index in [2.05, 4.69) is 10.3 Å². The number of carbonyl (C=O) groups excluding carboxylic acids is 1. The van der Waals surface area contributed by atoms with Crippen molar-refractivity contribution >= 4 is 33.0 Å². The molecule has 9 heteroatoms. The number of carbonyl (C=O) groups is 1. The van der Waals surface area contributed by atoms with Gasteiger partial charge in [-0.15, -0.1) is 11.3 Å². The first kappa shape index (κ1) is 24.5. The summed E-state index contributed by atoms with van der Waals surface area (Å²) in [4.78, 5) is 17.5. The summed E-state index contributed by atoms with van der Waals surface area (Å²) in [7, 11) is -3.19. The number of nitrogens with one attached hydrogen (secondary N) is 1. The highest BCUT2D eigenvalue weighted by molar-refractivity contribution is 7.89. The zero-order valence-electron chi connectivity index (χ0n) is 19.0. The molecule has 0 aliphatic carbocycles. The average Bonchev–Trinajstić information content (AvgIpc) is 3.34. The second-order valence-corrected chi connectivity index (χ2v) is 11.4. The third kappa shape index (κ3) is 5.71. The van der Waals surface area contributed by atoms with Crippen molar-refractivity contribution in [3.8, 4) is 11.1 Å². The number of thiazole rings is 1. The van der Waals surface area contributed by atoms with Crippen LogP contribution in [-0.4, -0.2) is 42.5 Å². The molecule has 1 amide bonds. The summed E-state index contributed by atoms with van der Waals surface area (Å²) in [6.07, 6.45) is 2.94. The van der Waals surface area contributed by atoms with Crippen LogP contribution in [0.1, 0.15) is 54.0 Å². The average molecular weight is 502 g/mol. The monoisotopic (exact) mass is 501 g/mol. The van der Waals surface area contributed by atoms with E-state index in [1.165, 1.54) is 23.5 Å². The van der Waals surface area contributed by atoms with Crippen molar-refractivity contribution in [2.75, 3.05) is 24.2 Å². The molecule has 0 spiro atoms. The molecule has 0 unspecified atom stereocenters. The van der Waals surface area contributed by atoms with Crippen molar-refractivity contribution in [2.45, 2.75) is 38.5 Å². The minimum absolute atomic E-state index is 0.149. The van der Waals surface area contributed by atoms with Gasteiger partial charge in [0, 0.05) is 35.6 Å². The fourth-order valence-corrected chi connectivity index (χ4v) is 6.73. The quantitative estimate of drug-likeness (QED) is 0.441. The number of aromatic nitrogens is 1. The molecule has 1 saturated heterocycles. The van der Waals surface area contributed by atoms with Gasteiger partial charge in [0.05, 0.1) is 10.8 Å². The molecule has 2 heterocycles. The SMILES string of the molecule is CCCCS(=O)(=O)N1CCC(c2nc(C(=O)Nc3ccccc3-c3ccc(F)cc3)cs2)CC1. The molecule has 2 aromatic carbocycles. The molecule has 180 valence electrons. The van der Waals surface area contributed by atoms with Gasteiger partial charge in [-0.1, -0.05) is 43.7 Å². The van der Waals surface area contributed by atoms with Gasteiger partial charge >= 0.3 is 0 Å². The molecule has 1 aliphatic rings. The first-order valence-corrected chi connectivity index (χ1v) is 14.0. The highest BCUT2D eigenvalue weighted by Crippen LogP contribution is 2.32. The zero-order chi connectivity index (χ0) is 24.1. The van der Waals surface area contributed by atoms with E-state index in [-0.39, 0.29) is 23.4 Å². The molecule has 1 fully saturated rings. The summed E-state index contributed by atoms with van der Waals surface area (Å²) in [6, 6.07) is 13.5. The minimum Gasteiger partial charge on any atom is -0.320 e. The first-order chi connectivity index (χ1) is 16.4. The van der Waals surface area contributed by atoms with Gasteiger partial charge in [0.2, 0.25) is 10.0 Å². The molecule has 1 N–H and O–H groups in total. The second kappa shape index (κ2) is 10.8. The molecule has 3 aromatic rings. The minimum atomic E-state index is -3.19. The normalized spacial score (nSPS) is 15.4. The maximum atomic E-state index is 13.3. The van der Waals surface area contributed by atoms with Gasteiger partial charge < -0.3 is 5.32 Å². The summed E-state index contributed by atoms with van der Waals surface area (Å²) >= 11 is 1.44. The summed E-state index contributed by atoms with van der Waals surface area (Å²) in [5.74, 6) is -0.272. The number of rotatable bonds is 8. The Balaban J connectivity index is 1.41. The van der Waals surface area contributed by atoms with Crippen molar-refractivity contribution in [3.05, 3.63) is 70.4 Å². The Kier molecular flexibility index (Phi) is 7.75. The summed E-state index contributed by atoms with van der Waals surface area (Å²) in [6.45, 7) is 2.96. The predicted molar refractivity (Wildman–Crippen MR) is 134 cm³/mol. The van der Waals surface area contributed by atoms with E-state index in [1.54, 1.807) is 27.9 Å². The number of halogens is 1. The number of amides is 1. The lowest BCUT2D eigenvalue weighted by atomic mass is 9.99. The molecule has 0 atom stereocenters. The Bertz CT molecular complexity index is 1230. The number of benzene rings is 2. The van der Waals surface area contributed by atoms with Gasteiger partial charge in [0.25, 0.3) is 5.91 Å². The number of piperidine rings is 1. The van der Waals surface area contributed by atoms with E-state index in [9.17, 15) is 17.6 Å². The van der Waals surface area contributed by atoms with Crippen LogP contribution in [0.3, 0.4) is 0 Å². The van der Waals surface area contributed by atoms with Crippen LogP contribution in [-0.2, 0) is 10.0 Å². The van der Waals surface area contributed by atoms with Gasteiger partial charge in [-0.05, 0) is 43.0 Å². The number of nitrogens with zero attached hydrogens (tertiary/aromatic N) is 2. The zero-order valence-corrected chi connectivity index (χ0v) is 20.7. The van der Waals surface area contributed by atoms with Crippen LogP contribution >= 0.6 is 11.3 Å². The number of anilines is 1. The van der Waals surface area contributed by atoms with Crippen LogP contribution in [0, 0.1) is 5.82 Å². The van der Waals surface area contributed by atoms with E-state index >= 15 is 0 Å². The van der Waals surface area contributed by atoms with E-state index < -0.39 is 10.0 Å². The molecule has 0 radical (unpaired) electrons. The molecule has 0 bridgehead atoms. The topological polar surface area (TPSA) is 79.4 Å². The molecule has 1 aromatic heterocycles. The van der Waals surface area contributed by atoms with Crippen LogP contribution in [0.25, 0.3) is 11.1 Å². The Morgan fingerprint density at radius 2 is 1.85 bits per heavy atom. The number of hydrogen-bond donors (Lipinski definition) is 1. The van der Waals surface area contributed by atoms with Crippen molar-refractivity contribution in [2.24, 2.45) is 0 Å². The van der Waals surface area contributed by atoms with E-state index in [1.807, 2.05) is 25.1 Å². The van der Waals surface area contributed by atoms with Gasteiger partial charge in [0.15, 0.2) is 0 Å². The molecule has 1 aliphatic heterocycles. The van der Waals surface area contributed by atoms with Crippen LogP contribution in [0.2, 0.25) is 0 Å². The fourth-order valence-electron chi connectivity index (χ4n) is 4.08.